The molecule has 1 aromatic carbocycles. The summed E-state index contributed by atoms with van der Waals surface area (Å²) in [6.45, 7) is 1.94. The first-order valence-corrected chi connectivity index (χ1v) is 8.68. The molecule has 0 aliphatic heterocycles. The summed E-state index contributed by atoms with van der Waals surface area (Å²) in [5, 5.41) is 13.9. The maximum atomic E-state index is 8.78. The van der Waals surface area contributed by atoms with Crippen LogP contribution in [0.15, 0.2) is 60.3 Å². The predicted molar refractivity (Wildman–Crippen MR) is 103 cm³/mol. The van der Waals surface area contributed by atoms with Gasteiger partial charge in [-0.2, -0.15) is 0 Å². The molecule has 0 unspecified atom stereocenters. The predicted octanol–water partition coefficient (Wildman–Crippen LogP) is 2.60. The van der Waals surface area contributed by atoms with E-state index in [2.05, 4.69) is 38.3 Å². The number of aliphatic hydroxyl groups excluding tert-OH is 1. The molecular formula is C20H19N5O2. The highest BCUT2D eigenvalue weighted by atomic mass is 16.6. The summed E-state index contributed by atoms with van der Waals surface area (Å²) in [6, 6.07) is 10.3. The molecule has 0 radical (unpaired) electrons. The van der Waals surface area contributed by atoms with Gasteiger partial charge in [0.05, 0.1) is 24.0 Å². The van der Waals surface area contributed by atoms with Gasteiger partial charge >= 0.3 is 0 Å². The minimum absolute atomic E-state index is 0.0684. The highest BCUT2D eigenvalue weighted by molar-refractivity contribution is 5.97. The van der Waals surface area contributed by atoms with Crippen LogP contribution in [0, 0.1) is 0 Å². The van der Waals surface area contributed by atoms with Crippen molar-refractivity contribution in [2.24, 2.45) is 5.16 Å². The maximum Gasteiger partial charge on any atom is 0.233 e. The van der Waals surface area contributed by atoms with Crippen molar-refractivity contribution in [1.82, 2.24) is 19.4 Å². The molecule has 1 N–H and O–H groups in total. The van der Waals surface area contributed by atoms with Gasteiger partial charge in [-0.3, -0.25) is 9.38 Å². The van der Waals surface area contributed by atoms with Crippen LogP contribution in [0.2, 0.25) is 0 Å². The first kappa shape index (κ1) is 17.1. The van der Waals surface area contributed by atoms with Gasteiger partial charge in [-0.15, -0.1) is 0 Å². The van der Waals surface area contributed by atoms with Gasteiger partial charge < -0.3 is 9.94 Å². The fourth-order valence-corrected chi connectivity index (χ4v) is 2.92. The molecule has 4 aromatic rings. The van der Waals surface area contributed by atoms with Gasteiger partial charge in [0.15, 0.2) is 0 Å². The third-order valence-electron chi connectivity index (χ3n) is 4.30. The monoisotopic (exact) mass is 361 g/mol. The molecule has 27 heavy (non-hydrogen) atoms. The summed E-state index contributed by atoms with van der Waals surface area (Å²) < 4.78 is 1.97. The smallest absolute Gasteiger partial charge is 0.233 e. The van der Waals surface area contributed by atoms with E-state index in [1.807, 2.05) is 35.9 Å². The van der Waals surface area contributed by atoms with E-state index in [4.69, 9.17) is 9.94 Å². The first-order chi connectivity index (χ1) is 13.2. The summed E-state index contributed by atoms with van der Waals surface area (Å²) in [5.41, 5.74) is 4.72. The number of nitrogens with zero attached hydrogens (tertiary/aromatic N) is 5. The van der Waals surface area contributed by atoms with E-state index in [1.165, 1.54) is 5.56 Å². The van der Waals surface area contributed by atoms with Crippen LogP contribution < -0.4 is 0 Å². The number of hydrogen-bond donors (Lipinski definition) is 1. The van der Waals surface area contributed by atoms with E-state index >= 15 is 0 Å². The van der Waals surface area contributed by atoms with Crippen molar-refractivity contribution in [1.29, 1.82) is 0 Å². The van der Waals surface area contributed by atoms with E-state index in [1.54, 1.807) is 12.4 Å². The van der Waals surface area contributed by atoms with Crippen molar-refractivity contribution in [2.45, 2.75) is 13.3 Å². The lowest BCUT2D eigenvalue weighted by Crippen LogP contribution is -2.04. The molecule has 7 nitrogen and oxygen atoms in total. The van der Waals surface area contributed by atoms with E-state index in [0.717, 1.165) is 28.6 Å². The zero-order valence-corrected chi connectivity index (χ0v) is 14.9. The first-order valence-electron chi connectivity index (χ1n) is 8.68. The normalized spacial score (nSPS) is 12.0. The number of aliphatic hydroxyl groups is 1. The molecule has 0 spiro atoms. The van der Waals surface area contributed by atoms with Crippen molar-refractivity contribution in [3.8, 4) is 0 Å². The highest BCUT2D eigenvalue weighted by Gasteiger charge is 2.09. The molecular weight excluding hydrogens is 342 g/mol. The maximum absolute atomic E-state index is 8.78. The summed E-state index contributed by atoms with van der Waals surface area (Å²) in [4.78, 5) is 18.2. The van der Waals surface area contributed by atoms with Crippen molar-refractivity contribution in [2.75, 3.05) is 13.2 Å². The van der Waals surface area contributed by atoms with Gasteiger partial charge in [0, 0.05) is 41.7 Å². The fourth-order valence-electron chi connectivity index (χ4n) is 2.92. The van der Waals surface area contributed by atoms with Crippen LogP contribution in [0.5, 0.6) is 0 Å². The van der Waals surface area contributed by atoms with Gasteiger partial charge in [-0.05, 0) is 30.7 Å². The number of rotatable bonds is 6. The van der Waals surface area contributed by atoms with Gasteiger partial charge in [0.25, 0.3) is 0 Å². The Morgan fingerprint density at radius 2 is 2.07 bits per heavy atom. The van der Waals surface area contributed by atoms with E-state index < -0.39 is 0 Å². The van der Waals surface area contributed by atoms with Crippen LogP contribution in [-0.2, 0) is 11.3 Å². The molecule has 0 fully saturated rings. The molecule has 136 valence electrons. The molecule has 4 rings (SSSR count). The molecule has 7 heteroatoms. The number of fused-ring (bicyclic) bond motifs is 2. The van der Waals surface area contributed by atoms with Gasteiger partial charge in [0.2, 0.25) is 5.78 Å². The second kappa shape index (κ2) is 7.51. The summed E-state index contributed by atoms with van der Waals surface area (Å²) >= 11 is 0. The van der Waals surface area contributed by atoms with E-state index in [-0.39, 0.29) is 13.2 Å². The number of pyridine rings is 1. The Morgan fingerprint density at radius 1 is 1.19 bits per heavy atom. The fraction of sp³-hybridized carbons (Fsp3) is 0.200. The zero-order chi connectivity index (χ0) is 18.6. The van der Waals surface area contributed by atoms with Crippen molar-refractivity contribution >= 4 is 22.4 Å². The second-order valence-electron chi connectivity index (χ2n) is 6.20. The zero-order valence-electron chi connectivity index (χ0n) is 14.9. The molecule has 0 saturated heterocycles. The summed E-state index contributed by atoms with van der Waals surface area (Å²) in [6.07, 6.45) is 8.04. The Bertz CT molecular complexity index is 1120. The Kier molecular flexibility index (Phi) is 4.76. The minimum Gasteiger partial charge on any atom is -0.393 e. The SMILES string of the molecule is C/C(=N\OCCO)c1cnc2ncc(Cc3ccc4ncccc4c3)n2c1. The molecule has 3 aromatic heterocycles. The Balaban J connectivity index is 1.65. The molecule has 0 atom stereocenters. The lowest BCUT2D eigenvalue weighted by molar-refractivity contribution is 0.0986. The standard InChI is InChI=1S/C20H19N5O2/c1-14(24-27-8-7-26)17-11-22-20-23-12-18(25(20)13-17)10-15-4-5-19-16(9-15)3-2-6-21-19/h2-6,9,11-13,26H,7-8,10H2,1H3/b24-14+. The number of benzene rings is 1. The second-order valence-corrected chi connectivity index (χ2v) is 6.20. The molecule has 0 aliphatic rings. The quantitative estimate of drug-likeness (QED) is 0.324. The molecule has 0 amide bonds. The Morgan fingerprint density at radius 3 is 2.96 bits per heavy atom. The van der Waals surface area contributed by atoms with Gasteiger partial charge in [-0.25, -0.2) is 9.97 Å². The van der Waals surface area contributed by atoms with Crippen LogP contribution in [0.1, 0.15) is 23.7 Å². The average molecular weight is 361 g/mol. The van der Waals surface area contributed by atoms with Crippen LogP contribution in [0.3, 0.4) is 0 Å². The summed E-state index contributed by atoms with van der Waals surface area (Å²) in [7, 11) is 0. The van der Waals surface area contributed by atoms with Crippen molar-refractivity contribution in [3.05, 3.63) is 71.9 Å². The Labute approximate surface area is 156 Å². The number of imidazole rings is 1. The van der Waals surface area contributed by atoms with Crippen molar-refractivity contribution < 1.29 is 9.94 Å². The molecule has 0 saturated carbocycles. The Hall–Kier alpha value is -3.32. The molecule has 0 aliphatic carbocycles. The van der Waals surface area contributed by atoms with Gasteiger partial charge in [-0.1, -0.05) is 17.3 Å². The van der Waals surface area contributed by atoms with Crippen LogP contribution in [0.4, 0.5) is 0 Å². The lowest BCUT2D eigenvalue weighted by Gasteiger charge is -2.06. The molecule has 3 heterocycles. The number of oxime groups is 1. The van der Waals surface area contributed by atoms with E-state index in [0.29, 0.717) is 11.5 Å². The van der Waals surface area contributed by atoms with Crippen LogP contribution in [-0.4, -0.2) is 43.4 Å². The third-order valence-corrected chi connectivity index (χ3v) is 4.30. The highest BCUT2D eigenvalue weighted by Crippen LogP contribution is 2.17. The lowest BCUT2D eigenvalue weighted by atomic mass is 10.1. The molecule has 0 bridgehead atoms. The number of hydrogen-bond acceptors (Lipinski definition) is 6. The topological polar surface area (TPSA) is 84.9 Å². The van der Waals surface area contributed by atoms with Gasteiger partial charge in [0.1, 0.15) is 6.61 Å². The number of aromatic nitrogens is 4. The minimum atomic E-state index is -0.0684. The van der Waals surface area contributed by atoms with Crippen LogP contribution >= 0.6 is 0 Å². The largest absolute Gasteiger partial charge is 0.393 e. The summed E-state index contributed by atoms with van der Waals surface area (Å²) in [5.74, 6) is 0.639. The third kappa shape index (κ3) is 3.63. The average Bonchev–Trinajstić information content (AvgIpc) is 3.10. The van der Waals surface area contributed by atoms with Crippen LogP contribution in [0.25, 0.3) is 16.7 Å². The van der Waals surface area contributed by atoms with Crippen molar-refractivity contribution in [3.63, 3.8) is 0 Å². The van der Waals surface area contributed by atoms with E-state index in [9.17, 15) is 0 Å².